The molecule has 1 atom stereocenters. The molecule has 27 heavy (non-hydrogen) atoms. The van der Waals surface area contributed by atoms with Crippen LogP contribution < -0.4 is 19.5 Å². The molecule has 7 nitrogen and oxygen atoms in total. The van der Waals surface area contributed by atoms with Crippen LogP contribution in [0.15, 0.2) is 48.0 Å². The lowest BCUT2D eigenvalue weighted by Crippen LogP contribution is -2.21. The first-order chi connectivity index (χ1) is 13.0. The number of ether oxygens (including phenoxy) is 3. The number of amides is 1. The summed E-state index contributed by atoms with van der Waals surface area (Å²) in [6.45, 7) is 0. The maximum Gasteiger partial charge on any atom is 0.293 e. The van der Waals surface area contributed by atoms with Gasteiger partial charge in [-0.3, -0.25) is 9.59 Å². The zero-order valence-electron chi connectivity index (χ0n) is 15.1. The normalized spacial score (nSPS) is 18.1. The molecule has 7 heteroatoms. The number of ketones is 1. The van der Waals surface area contributed by atoms with Gasteiger partial charge in [0, 0.05) is 11.1 Å². The molecule has 2 aromatic carbocycles. The Balaban J connectivity index is 2.15. The average molecular weight is 369 g/mol. The summed E-state index contributed by atoms with van der Waals surface area (Å²) in [5, 5.41) is 13.4. The molecule has 3 rings (SSSR count). The van der Waals surface area contributed by atoms with Crippen molar-refractivity contribution >= 4 is 17.4 Å². The number of hydrogen-bond donors (Lipinski definition) is 2. The van der Waals surface area contributed by atoms with E-state index in [0.29, 0.717) is 28.4 Å². The van der Waals surface area contributed by atoms with Crippen molar-refractivity contribution in [3.63, 3.8) is 0 Å². The number of methoxy groups -OCH3 is 3. The van der Waals surface area contributed by atoms with Crippen molar-refractivity contribution in [1.29, 1.82) is 0 Å². The number of benzene rings is 2. The minimum absolute atomic E-state index is 0.0447. The van der Waals surface area contributed by atoms with Crippen LogP contribution in [0.1, 0.15) is 17.2 Å². The van der Waals surface area contributed by atoms with Crippen LogP contribution in [-0.2, 0) is 9.59 Å². The third-order valence-corrected chi connectivity index (χ3v) is 4.38. The summed E-state index contributed by atoms with van der Waals surface area (Å²) in [6.07, 6.45) is 0. The molecule has 1 saturated heterocycles. The van der Waals surface area contributed by atoms with E-state index < -0.39 is 17.7 Å². The Hall–Kier alpha value is -3.48. The van der Waals surface area contributed by atoms with Crippen LogP contribution in [-0.4, -0.2) is 38.1 Å². The van der Waals surface area contributed by atoms with Gasteiger partial charge in [-0.05, 0) is 24.3 Å². The fourth-order valence-corrected chi connectivity index (χ4v) is 3.04. The van der Waals surface area contributed by atoms with E-state index in [-0.39, 0.29) is 11.3 Å². The summed E-state index contributed by atoms with van der Waals surface area (Å²) < 4.78 is 15.7. The van der Waals surface area contributed by atoms with Crippen molar-refractivity contribution in [3.8, 4) is 17.2 Å². The quantitative estimate of drug-likeness (QED) is 0.478. The molecule has 0 aromatic heterocycles. The molecule has 1 heterocycles. The van der Waals surface area contributed by atoms with Crippen molar-refractivity contribution < 1.29 is 28.9 Å². The fraction of sp³-hybridized carbons (Fsp3) is 0.200. The molecule has 0 bridgehead atoms. The predicted octanol–water partition coefficient (Wildman–Crippen LogP) is 2.42. The summed E-state index contributed by atoms with van der Waals surface area (Å²) in [7, 11) is 4.46. The van der Waals surface area contributed by atoms with E-state index in [0.717, 1.165) is 0 Å². The third kappa shape index (κ3) is 3.19. The summed E-state index contributed by atoms with van der Waals surface area (Å²) in [5.41, 5.74) is 0.852. The second-order valence-corrected chi connectivity index (χ2v) is 5.81. The Bertz CT molecular complexity index is 934. The van der Waals surface area contributed by atoms with Gasteiger partial charge in [-0.1, -0.05) is 18.2 Å². The van der Waals surface area contributed by atoms with E-state index in [1.54, 1.807) is 36.4 Å². The van der Waals surface area contributed by atoms with Crippen molar-refractivity contribution in [3.05, 3.63) is 59.2 Å². The van der Waals surface area contributed by atoms with Gasteiger partial charge in [0.15, 0.2) is 11.5 Å². The Morgan fingerprint density at radius 3 is 2.26 bits per heavy atom. The number of para-hydroxylation sites is 1. The molecule has 1 fully saturated rings. The molecule has 0 radical (unpaired) electrons. The highest BCUT2D eigenvalue weighted by atomic mass is 16.5. The first kappa shape index (κ1) is 18.3. The molecule has 0 spiro atoms. The average Bonchev–Trinajstić information content (AvgIpc) is 3.01. The van der Waals surface area contributed by atoms with Crippen LogP contribution in [0, 0.1) is 0 Å². The highest BCUT2D eigenvalue weighted by Crippen LogP contribution is 2.38. The van der Waals surface area contributed by atoms with Gasteiger partial charge in [0.2, 0.25) is 0 Å². The van der Waals surface area contributed by atoms with Gasteiger partial charge in [-0.2, -0.15) is 0 Å². The van der Waals surface area contributed by atoms with Gasteiger partial charge in [0.1, 0.15) is 11.5 Å². The molecule has 0 unspecified atom stereocenters. The molecule has 0 aliphatic carbocycles. The number of carbonyl (C=O) groups excluding carboxylic acids is 2. The monoisotopic (exact) mass is 369 g/mol. The number of aliphatic hydroxyl groups is 1. The molecule has 0 saturated carbocycles. The summed E-state index contributed by atoms with van der Waals surface area (Å²) in [4.78, 5) is 24.5. The minimum atomic E-state index is -0.825. The van der Waals surface area contributed by atoms with Gasteiger partial charge in [-0.25, -0.2) is 0 Å². The standard InChI is InChI=1S/C20H19NO6/c1-25-13-7-5-4-6-12(13)17-16(19(23)20(24)21-17)18(22)11-8-9-14(26-2)15(10-11)27-3/h4-10,17,22H,1-3H3,(H,21,24)/t17-/m1/s1. The Labute approximate surface area is 156 Å². The van der Waals surface area contributed by atoms with Crippen molar-refractivity contribution in [2.24, 2.45) is 0 Å². The topological polar surface area (TPSA) is 94.1 Å². The summed E-state index contributed by atoms with van der Waals surface area (Å²) >= 11 is 0. The van der Waals surface area contributed by atoms with Crippen LogP contribution in [0.4, 0.5) is 0 Å². The SMILES string of the molecule is COc1ccc(C(O)=C2C(=O)C(=O)N[C@@H]2c2ccccc2OC)cc1OC. The Morgan fingerprint density at radius 2 is 1.59 bits per heavy atom. The highest BCUT2D eigenvalue weighted by Gasteiger charge is 2.40. The molecule has 1 aliphatic rings. The zero-order chi connectivity index (χ0) is 19.6. The van der Waals surface area contributed by atoms with Gasteiger partial charge < -0.3 is 24.6 Å². The number of Topliss-reactive ketones (excluding diaryl/α,β-unsaturated/α-hetero) is 1. The third-order valence-electron chi connectivity index (χ3n) is 4.38. The lowest BCUT2D eigenvalue weighted by molar-refractivity contribution is -0.133. The zero-order valence-corrected chi connectivity index (χ0v) is 15.1. The fourth-order valence-electron chi connectivity index (χ4n) is 3.04. The van der Waals surface area contributed by atoms with Crippen LogP contribution >= 0.6 is 0 Å². The van der Waals surface area contributed by atoms with E-state index in [2.05, 4.69) is 5.32 Å². The van der Waals surface area contributed by atoms with E-state index in [1.165, 1.54) is 27.4 Å². The van der Waals surface area contributed by atoms with Gasteiger partial charge in [-0.15, -0.1) is 0 Å². The van der Waals surface area contributed by atoms with Crippen molar-refractivity contribution in [1.82, 2.24) is 5.32 Å². The molecule has 140 valence electrons. The first-order valence-electron chi connectivity index (χ1n) is 8.15. The number of aliphatic hydroxyl groups excluding tert-OH is 1. The van der Waals surface area contributed by atoms with Gasteiger partial charge >= 0.3 is 0 Å². The lowest BCUT2D eigenvalue weighted by Gasteiger charge is -2.17. The van der Waals surface area contributed by atoms with E-state index in [4.69, 9.17) is 14.2 Å². The van der Waals surface area contributed by atoms with E-state index >= 15 is 0 Å². The number of nitrogens with one attached hydrogen (secondary N) is 1. The molecule has 2 N–H and O–H groups in total. The summed E-state index contributed by atoms with van der Waals surface area (Å²) in [6, 6.07) is 10.9. The van der Waals surface area contributed by atoms with Gasteiger partial charge in [0.05, 0.1) is 32.9 Å². The van der Waals surface area contributed by atoms with Crippen LogP contribution in [0.5, 0.6) is 17.2 Å². The maximum atomic E-state index is 12.5. The Morgan fingerprint density at radius 1 is 0.926 bits per heavy atom. The molecule has 1 aliphatic heterocycles. The largest absolute Gasteiger partial charge is 0.507 e. The maximum absolute atomic E-state index is 12.5. The predicted molar refractivity (Wildman–Crippen MR) is 98.0 cm³/mol. The van der Waals surface area contributed by atoms with Crippen LogP contribution in [0.2, 0.25) is 0 Å². The van der Waals surface area contributed by atoms with Crippen molar-refractivity contribution in [2.45, 2.75) is 6.04 Å². The van der Waals surface area contributed by atoms with Crippen LogP contribution in [0.25, 0.3) is 5.76 Å². The second kappa shape index (κ2) is 7.41. The molecular weight excluding hydrogens is 350 g/mol. The molecular formula is C20H19NO6. The lowest BCUT2D eigenvalue weighted by atomic mass is 9.95. The first-order valence-corrected chi connectivity index (χ1v) is 8.15. The smallest absolute Gasteiger partial charge is 0.293 e. The highest BCUT2D eigenvalue weighted by molar-refractivity contribution is 6.46. The number of rotatable bonds is 5. The molecule has 2 aromatic rings. The van der Waals surface area contributed by atoms with E-state index in [9.17, 15) is 14.7 Å². The Kier molecular flexibility index (Phi) is 5.03. The van der Waals surface area contributed by atoms with Crippen LogP contribution in [0.3, 0.4) is 0 Å². The number of hydrogen-bond acceptors (Lipinski definition) is 6. The van der Waals surface area contributed by atoms with Gasteiger partial charge in [0.25, 0.3) is 11.7 Å². The molecule has 1 amide bonds. The number of carbonyl (C=O) groups is 2. The van der Waals surface area contributed by atoms with E-state index in [1.807, 2.05) is 0 Å². The second-order valence-electron chi connectivity index (χ2n) is 5.81. The summed E-state index contributed by atoms with van der Waals surface area (Å²) in [5.74, 6) is -0.524. The minimum Gasteiger partial charge on any atom is -0.507 e. The van der Waals surface area contributed by atoms with Crippen molar-refractivity contribution in [2.75, 3.05) is 21.3 Å².